The van der Waals surface area contributed by atoms with Crippen molar-refractivity contribution in [2.24, 2.45) is 0 Å². The number of rotatable bonds is 6. The quantitative estimate of drug-likeness (QED) is 0.439. The van der Waals surface area contributed by atoms with E-state index in [4.69, 9.17) is 4.43 Å². The first-order chi connectivity index (χ1) is 12.8. The third-order valence-corrected chi connectivity index (χ3v) is 11.5. The molecule has 0 aliphatic carbocycles. The van der Waals surface area contributed by atoms with E-state index in [-0.39, 0.29) is 21.1 Å². The topological polar surface area (TPSA) is 9.23 Å². The van der Waals surface area contributed by atoms with Crippen LogP contribution in [-0.4, -0.2) is 13.1 Å². The molecule has 0 bridgehead atoms. The molecule has 0 aliphatic heterocycles. The Morgan fingerprint density at radius 2 is 1.32 bits per heavy atom. The summed E-state index contributed by atoms with van der Waals surface area (Å²) in [5.74, 6) is 0. The van der Waals surface area contributed by atoms with Crippen LogP contribution >= 0.6 is 11.8 Å². The van der Waals surface area contributed by atoms with E-state index < -0.39 is 8.32 Å². The van der Waals surface area contributed by atoms with Crippen molar-refractivity contribution in [3.63, 3.8) is 0 Å². The highest BCUT2D eigenvalue weighted by Crippen LogP contribution is 2.51. The van der Waals surface area contributed by atoms with Gasteiger partial charge in [0.25, 0.3) is 0 Å². The van der Waals surface area contributed by atoms with Gasteiger partial charge in [-0.25, -0.2) is 0 Å². The minimum atomic E-state index is -1.95. The van der Waals surface area contributed by atoms with Gasteiger partial charge in [0.1, 0.15) is 0 Å². The van der Waals surface area contributed by atoms with Gasteiger partial charge >= 0.3 is 0 Å². The molecule has 0 saturated heterocycles. The van der Waals surface area contributed by atoms with Crippen LogP contribution in [0.3, 0.4) is 0 Å². The molecule has 1 nitrogen and oxygen atoms in total. The van der Waals surface area contributed by atoms with Crippen molar-refractivity contribution in [2.45, 2.75) is 82.7 Å². The van der Waals surface area contributed by atoms with Crippen LogP contribution in [0, 0.1) is 6.92 Å². The summed E-state index contributed by atoms with van der Waals surface area (Å²) in [5, 5.41) is 0.418. The smallest absolute Gasteiger partial charge is 0.192 e. The second kappa shape index (κ2) is 8.77. The van der Waals surface area contributed by atoms with E-state index in [1.807, 2.05) is 11.8 Å². The summed E-state index contributed by atoms with van der Waals surface area (Å²) in [6.45, 7) is 20.7. The highest BCUT2D eigenvalue weighted by Gasteiger charge is 2.42. The molecule has 3 heteroatoms. The summed E-state index contributed by atoms with van der Waals surface area (Å²) >= 11 is 2.01. The minimum Gasteiger partial charge on any atom is -0.408 e. The van der Waals surface area contributed by atoms with Gasteiger partial charge in [0.2, 0.25) is 0 Å². The van der Waals surface area contributed by atoms with Crippen LogP contribution in [0.4, 0.5) is 0 Å². The molecular formula is C25H38OSSi. The fourth-order valence-electron chi connectivity index (χ4n) is 2.88. The third-order valence-electron chi connectivity index (χ3n) is 5.52. The van der Waals surface area contributed by atoms with Crippen molar-refractivity contribution in [1.82, 2.24) is 0 Å². The number of hydrogen-bond donors (Lipinski definition) is 0. The van der Waals surface area contributed by atoms with E-state index in [1.165, 1.54) is 16.7 Å². The molecule has 2 atom stereocenters. The predicted molar refractivity (Wildman–Crippen MR) is 129 cm³/mol. The molecule has 0 N–H and O–H groups in total. The van der Waals surface area contributed by atoms with Crippen molar-refractivity contribution < 1.29 is 4.43 Å². The second-order valence-electron chi connectivity index (χ2n) is 10.3. The van der Waals surface area contributed by atoms with Crippen LogP contribution < -0.4 is 0 Å². The summed E-state index contributed by atoms with van der Waals surface area (Å²) in [6.07, 6.45) is 0.0361. The maximum atomic E-state index is 7.10. The van der Waals surface area contributed by atoms with Crippen molar-refractivity contribution in [3.8, 4) is 0 Å². The van der Waals surface area contributed by atoms with E-state index in [9.17, 15) is 0 Å². The Morgan fingerprint density at radius 1 is 0.786 bits per heavy atom. The van der Waals surface area contributed by atoms with Gasteiger partial charge in [0.05, 0.1) is 11.4 Å². The number of benzene rings is 2. The van der Waals surface area contributed by atoms with Crippen LogP contribution in [0.5, 0.6) is 0 Å². The molecule has 0 heterocycles. The lowest BCUT2D eigenvalue weighted by molar-refractivity contribution is 0.180. The van der Waals surface area contributed by atoms with Gasteiger partial charge in [-0.3, -0.25) is 0 Å². The van der Waals surface area contributed by atoms with E-state index in [1.54, 1.807) is 0 Å². The highest BCUT2D eigenvalue weighted by atomic mass is 32.2. The third kappa shape index (κ3) is 6.23. The van der Waals surface area contributed by atoms with Crippen molar-refractivity contribution in [3.05, 3.63) is 71.3 Å². The lowest BCUT2D eigenvalue weighted by atomic mass is 10.00. The maximum absolute atomic E-state index is 7.10. The lowest BCUT2D eigenvalue weighted by Crippen LogP contribution is -2.42. The van der Waals surface area contributed by atoms with Crippen LogP contribution in [0.2, 0.25) is 18.1 Å². The maximum Gasteiger partial charge on any atom is 0.192 e. The summed E-state index contributed by atoms with van der Waals surface area (Å²) in [7, 11) is -1.95. The van der Waals surface area contributed by atoms with Gasteiger partial charge in [-0.2, -0.15) is 0 Å². The van der Waals surface area contributed by atoms with Gasteiger partial charge in [-0.15, -0.1) is 11.8 Å². The molecule has 2 aromatic rings. The molecule has 0 unspecified atom stereocenters. The predicted octanol–water partition coefficient (Wildman–Crippen LogP) is 8.33. The molecule has 2 rings (SSSR count). The summed E-state index contributed by atoms with van der Waals surface area (Å²) in [6, 6.07) is 19.8. The molecular weight excluding hydrogens is 376 g/mol. The molecule has 0 radical (unpaired) electrons. The van der Waals surface area contributed by atoms with Crippen LogP contribution in [0.15, 0.2) is 54.6 Å². The van der Waals surface area contributed by atoms with Gasteiger partial charge in [0.15, 0.2) is 8.32 Å². The first-order valence-corrected chi connectivity index (χ1v) is 14.1. The van der Waals surface area contributed by atoms with Crippen molar-refractivity contribution >= 4 is 20.1 Å². The fourth-order valence-corrected chi connectivity index (χ4v) is 5.63. The lowest BCUT2D eigenvalue weighted by Gasteiger charge is -2.42. The summed E-state index contributed by atoms with van der Waals surface area (Å²) in [5.41, 5.74) is 3.91. The van der Waals surface area contributed by atoms with Crippen LogP contribution in [-0.2, 0) is 4.43 Å². The Bertz CT molecular complexity index is 739. The Morgan fingerprint density at radius 3 is 1.79 bits per heavy atom. The molecule has 154 valence electrons. The largest absolute Gasteiger partial charge is 0.408 e. The van der Waals surface area contributed by atoms with Crippen LogP contribution in [0.1, 0.15) is 69.6 Å². The molecule has 0 spiro atoms. The monoisotopic (exact) mass is 414 g/mol. The standard InChI is InChI=1S/C25H38OSSi/c1-19-15-17-21(18-16-19)23(27-24(2,3)4)22(20-13-11-10-12-14-20)26-28(8,9)25(5,6)7/h10-18,22-23H,1-9H3/t22-,23-/m1/s1. The Balaban J connectivity index is 2.56. The Labute approximate surface area is 178 Å². The zero-order valence-electron chi connectivity index (χ0n) is 19.2. The number of aryl methyl sites for hydroxylation is 1. The summed E-state index contributed by atoms with van der Waals surface area (Å²) in [4.78, 5) is 0. The molecule has 0 amide bonds. The zero-order valence-corrected chi connectivity index (χ0v) is 21.0. The fraction of sp³-hybridized carbons (Fsp3) is 0.520. The van der Waals surface area contributed by atoms with Crippen LogP contribution in [0.25, 0.3) is 0 Å². The first kappa shape index (κ1) is 23.2. The van der Waals surface area contributed by atoms with Crippen molar-refractivity contribution in [2.75, 3.05) is 0 Å². The molecule has 2 aromatic carbocycles. The summed E-state index contributed by atoms with van der Waals surface area (Å²) < 4.78 is 7.24. The van der Waals surface area contributed by atoms with Crippen molar-refractivity contribution in [1.29, 1.82) is 0 Å². The van der Waals surface area contributed by atoms with E-state index in [2.05, 4.69) is 116 Å². The number of hydrogen-bond acceptors (Lipinski definition) is 2. The molecule has 0 fully saturated rings. The van der Waals surface area contributed by atoms with E-state index >= 15 is 0 Å². The molecule has 0 saturated carbocycles. The SMILES string of the molecule is Cc1ccc([C@@H](SC(C)(C)C)[C@H](O[Si](C)(C)C(C)(C)C)c2ccccc2)cc1. The Hall–Kier alpha value is -1.03. The average molecular weight is 415 g/mol. The highest BCUT2D eigenvalue weighted by molar-refractivity contribution is 8.00. The van der Waals surface area contributed by atoms with Gasteiger partial charge < -0.3 is 4.43 Å². The molecule has 0 aliphatic rings. The normalized spacial score (nSPS) is 15.3. The zero-order chi connectivity index (χ0) is 21.2. The minimum absolute atomic E-state index is 0.0361. The molecule has 0 aromatic heterocycles. The first-order valence-electron chi connectivity index (χ1n) is 10.3. The average Bonchev–Trinajstić information content (AvgIpc) is 2.58. The Kier molecular flexibility index (Phi) is 7.28. The molecule has 28 heavy (non-hydrogen) atoms. The second-order valence-corrected chi connectivity index (χ2v) is 17.0. The van der Waals surface area contributed by atoms with Gasteiger partial charge in [-0.1, -0.05) is 102 Å². The van der Waals surface area contributed by atoms with E-state index in [0.29, 0.717) is 0 Å². The van der Waals surface area contributed by atoms with Gasteiger partial charge in [0, 0.05) is 4.75 Å². The van der Waals surface area contributed by atoms with Gasteiger partial charge in [-0.05, 0) is 36.2 Å². The number of thioether (sulfide) groups is 1. The van der Waals surface area contributed by atoms with E-state index in [0.717, 1.165) is 0 Å².